The van der Waals surface area contributed by atoms with Gasteiger partial charge in [0.15, 0.2) is 0 Å². The zero-order chi connectivity index (χ0) is 48.4. The molecule has 11 rings (SSSR count). The van der Waals surface area contributed by atoms with E-state index in [1.807, 2.05) is 0 Å². The second-order valence-electron chi connectivity index (χ2n) is 26.1. The van der Waals surface area contributed by atoms with E-state index >= 15 is 0 Å². The molecule has 0 unspecified atom stereocenters. The number of rotatable bonds is 3. The average molecular weight is 913 g/mol. The molecule has 0 spiro atoms. The van der Waals surface area contributed by atoms with E-state index in [1.54, 1.807) is 0 Å². The number of benzene rings is 6. The van der Waals surface area contributed by atoms with Crippen molar-refractivity contribution in [2.75, 3.05) is 9.80 Å². The molecule has 6 aromatic carbocycles. The zero-order valence-corrected chi connectivity index (χ0v) is 44.8. The highest BCUT2D eigenvalue weighted by atomic mass is 32.1. The lowest BCUT2D eigenvalue weighted by Crippen LogP contribution is -2.61. The van der Waals surface area contributed by atoms with Crippen molar-refractivity contribution in [3.8, 4) is 11.1 Å². The van der Waals surface area contributed by atoms with Crippen LogP contribution in [0.15, 0.2) is 103 Å². The Kier molecular flexibility index (Phi) is 9.84. The second-order valence-corrected chi connectivity index (χ2v) is 27.2. The van der Waals surface area contributed by atoms with Crippen LogP contribution in [0.4, 0.5) is 34.1 Å². The SMILES string of the molecule is Cc1cc2c3c(c1)N(c1ccc(C(C)(C)C)cc1)c1c(sc4cc5c(cc14)C(C)(C)CCC5(C)C)B3c1cc3c(cc1N2c1ccc(-c2ccc(C(C)(C)C)cc2)cc1C)C(C)(C)CCC3(C)C. The summed E-state index contributed by atoms with van der Waals surface area (Å²) in [5.74, 6) is 0. The second kappa shape index (κ2) is 14.7. The number of fused-ring (bicyclic) bond motifs is 8. The quantitative estimate of drug-likeness (QED) is 0.163. The Labute approximate surface area is 413 Å². The molecule has 0 saturated heterocycles. The maximum atomic E-state index is 2.70. The zero-order valence-electron chi connectivity index (χ0n) is 44.0. The molecule has 0 radical (unpaired) electrons. The monoisotopic (exact) mass is 913 g/mol. The highest BCUT2D eigenvalue weighted by Gasteiger charge is 2.49. The lowest BCUT2D eigenvalue weighted by molar-refractivity contribution is 0.332. The van der Waals surface area contributed by atoms with Crippen LogP contribution in [0.3, 0.4) is 0 Å². The van der Waals surface area contributed by atoms with Crippen LogP contribution < -0.4 is 25.5 Å². The molecule has 2 nitrogen and oxygen atoms in total. The third kappa shape index (κ3) is 6.92. The van der Waals surface area contributed by atoms with Crippen molar-refractivity contribution in [2.24, 2.45) is 0 Å². The van der Waals surface area contributed by atoms with Crippen LogP contribution in [-0.2, 0) is 32.5 Å². The number of hydrogen-bond donors (Lipinski definition) is 0. The van der Waals surface area contributed by atoms with Crippen LogP contribution in [0.25, 0.3) is 21.2 Å². The highest BCUT2D eigenvalue weighted by molar-refractivity contribution is 7.33. The van der Waals surface area contributed by atoms with E-state index in [2.05, 4.69) is 235 Å². The molecule has 7 aromatic rings. The summed E-state index contributed by atoms with van der Waals surface area (Å²) in [5.41, 5.74) is 25.1. The summed E-state index contributed by atoms with van der Waals surface area (Å²) >= 11 is 2.06. The number of thiophene rings is 1. The Balaban J connectivity index is 1.22. The van der Waals surface area contributed by atoms with E-state index in [4.69, 9.17) is 0 Å². The van der Waals surface area contributed by atoms with E-state index < -0.39 is 0 Å². The Bertz CT molecular complexity index is 3220. The minimum absolute atomic E-state index is 0.0562. The standard InChI is InChI=1S/C64H73BN2S/c1-38-31-53-56-54(32-38)67(51-26-19-41(33-39(51)2)40-17-20-42(21-18-40)59(3,4)5)52-36-48-47(62(11,12)28-29-63(48,13)14)35-50(52)65(56)58-57(66(53)44-24-22-43(23-25-44)60(6,7)8)45-34-46-49(37-55(45)68-58)64(15,16)30-27-61(46,9)10/h17-26,31-37H,27-30H2,1-16H3. The molecule has 0 saturated carbocycles. The molecule has 4 heteroatoms. The van der Waals surface area contributed by atoms with Crippen LogP contribution in [0.2, 0.25) is 0 Å². The van der Waals surface area contributed by atoms with Gasteiger partial charge in [-0.1, -0.05) is 145 Å². The van der Waals surface area contributed by atoms with Crippen molar-refractivity contribution in [1.82, 2.24) is 0 Å². The molecule has 4 aliphatic rings. The summed E-state index contributed by atoms with van der Waals surface area (Å²) < 4.78 is 2.88. The first kappa shape index (κ1) is 45.4. The van der Waals surface area contributed by atoms with Crippen LogP contribution >= 0.6 is 11.3 Å². The topological polar surface area (TPSA) is 6.48 Å². The summed E-state index contributed by atoms with van der Waals surface area (Å²) in [6.07, 6.45) is 4.76. The minimum Gasteiger partial charge on any atom is -0.311 e. The fourth-order valence-corrected chi connectivity index (χ4v) is 14.0. The molecule has 0 bridgehead atoms. The molecule has 0 atom stereocenters. The molecule has 0 amide bonds. The average Bonchev–Trinajstić information content (AvgIpc) is 3.64. The van der Waals surface area contributed by atoms with Gasteiger partial charge in [-0.2, -0.15) is 0 Å². The van der Waals surface area contributed by atoms with Crippen LogP contribution in [0, 0.1) is 13.8 Å². The number of aryl methyl sites for hydroxylation is 2. The fourth-order valence-electron chi connectivity index (χ4n) is 12.6. The van der Waals surface area contributed by atoms with Gasteiger partial charge in [0, 0.05) is 43.3 Å². The normalized spacial score (nSPS) is 18.4. The van der Waals surface area contributed by atoms with E-state index in [-0.39, 0.29) is 39.2 Å². The summed E-state index contributed by atoms with van der Waals surface area (Å²) in [6.45, 7) is 38.5. The van der Waals surface area contributed by atoms with Gasteiger partial charge in [-0.05, 0) is 193 Å². The first-order valence-corrected chi connectivity index (χ1v) is 26.4. The third-order valence-corrected chi connectivity index (χ3v) is 18.5. The molecule has 0 N–H and O–H groups in total. The maximum absolute atomic E-state index is 2.70. The molecule has 1 aromatic heterocycles. The van der Waals surface area contributed by atoms with Crippen LogP contribution in [0.1, 0.15) is 167 Å². The predicted octanol–water partition coefficient (Wildman–Crippen LogP) is 16.6. The van der Waals surface area contributed by atoms with Crippen molar-refractivity contribution < 1.29 is 0 Å². The minimum atomic E-state index is 0.0562. The lowest BCUT2D eigenvalue weighted by Gasteiger charge is -2.47. The van der Waals surface area contributed by atoms with Gasteiger partial charge >= 0.3 is 0 Å². The maximum Gasteiger partial charge on any atom is 0.264 e. The van der Waals surface area contributed by atoms with E-state index in [0.29, 0.717) is 0 Å². The molecule has 2 aliphatic heterocycles. The van der Waals surface area contributed by atoms with Gasteiger partial charge in [-0.25, -0.2) is 0 Å². The summed E-state index contributed by atoms with van der Waals surface area (Å²) in [7, 11) is 0. The summed E-state index contributed by atoms with van der Waals surface area (Å²) in [5, 5.41) is 1.40. The highest BCUT2D eigenvalue weighted by Crippen LogP contribution is 2.54. The van der Waals surface area contributed by atoms with Gasteiger partial charge in [0.25, 0.3) is 6.71 Å². The molecule has 0 fully saturated rings. The van der Waals surface area contributed by atoms with E-state index in [9.17, 15) is 0 Å². The largest absolute Gasteiger partial charge is 0.311 e. The van der Waals surface area contributed by atoms with Gasteiger partial charge in [0.1, 0.15) is 0 Å². The number of nitrogens with zero attached hydrogens (tertiary/aromatic N) is 2. The first-order chi connectivity index (χ1) is 31.7. The van der Waals surface area contributed by atoms with Crippen molar-refractivity contribution in [3.05, 3.63) is 148 Å². The molecule has 348 valence electrons. The molecule has 3 heterocycles. The van der Waals surface area contributed by atoms with Crippen molar-refractivity contribution >= 4 is 78.0 Å². The van der Waals surface area contributed by atoms with Crippen molar-refractivity contribution in [2.45, 2.75) is 169 Å². The first-order valence-electron chi connectivity index (χ1n) is 25.6. The van der Waals surface area contributed by atoms with Crippen molar-refractivity contribution in [1.29, 1.82) is 0 Å². The summed E-state index contributed by atoms with van der Waals surface area (Å²) in [6, 6.07) is 41.7. The number of hydrogen-bond acceptors (Lipinski definition) is 3. The van der Waals surface area contributed by atoms with Gasteiger partial charge in [0.2, 0.25) is 0 Å². The fraction of sp³-hybridized carbons (Fsp3) is 0.406. The Hall–Kier alpha value is -5.06. The van der Waals surface area contributed by atoms with Gasteiger partial charge in [-0.3, -0.25) is 0 Å². The predicted molar refractivity (Wildman–Crippen MR) is 299 cm³/mol. The molecule has 2 aliphatic carbocycles. The Morgan fingerprint density at radius 3 is 1.51 bits per heavy atom. The van der Waals surface area contributed by atoms with Crippen molar-refractivity contribution in [3.63, 3.8) is 0 Å². The Morgan fingerprint density at radius 2 is 0.971 bits per heavy atom. The van der Waals surface area contributed by atoms with Crippen LogP contribution in [0.5, 0.6) is 0 Å². The lowest BCUT2D eigenvalue weighted by atomic mass is 9.35. The van der Waals surface area contributed by atoms with Gasteiger partial charge in [-0.15, -0.1) is 11.3 Å². The van der Waals surface area contributed by atoms with E-state index in [0.717, 1.165) is 0 Å². The summed E-state index contributed by atoms with van der Waals surface area (Å²) in [4.78, 5) is 5.36. The van der Waals surface area contributed by atoms with Crippen LogP contribution in [-0.4, -0.2) is 6.71 Å². The smallest absolute Gasteiger partial charge is 0.264 e. The number of anilines is 6. The Morgan fingerprint density at radius 1 is 0.485 bits per heavy atom. The third-order valence-electron chi connectivity index (χ3n) is 17.3. The molecular formula is C64H73BN2S. The van der Waals surface area contributed by atoms with Gasteiger partial charge in [0.05, 0.1) is 5.69 Å². The van der Waals surface area contributed by atoms with Gasteiger partial charge < -0.3 is 9.80 Å². The molecule has 68 heavy (non-hydrogen) atoms. The molecular weight excluding hydrogens is 840 g/mol. The van der Waals surface area contributed by atoms with E-state index in [1.165, 1.54) is 141 Å².